The first-order valence-electron chi connectivity index (χ1n) is 6.91. The zero-order valence-corrected chi connectivity index (χ0v) is 10.9. The fourth-order valence-electron chi connectivity index (χ4n) is 2.50. The summed E-state index contributed by atoms with van der Waals surface area (Å²) in [5.74, 6) is 0. The summed E-state index contributed by atoms with van der Waals surface area (Å²) in [6.07, 6.45) is 6.43. The highest BCUT2D eigenvalue weighted by molar-refractivity contribution is 5.48. The summed E-state index contributed by atoms with van der Waals surface area (Å²) in [7, 11) is 0. The molecule has 0 aromatic heterocycles. The molecular weight excluding hydrogens is 208 g/mol. The second kappa shape index (κ2) is 6.06. The molecule has 0 amide bonds. The zero-order valence-electron chi connectivity index (χ0n) is 10.9. The van der Waals surface area contributed by atoms with E-state index < -0.39 is 0 Å². The van der Waals surface area contributed by atoms with Crippen LogP contribution in [0.15, 0.2) is 24.3 Å². The van der Waals surface area contributed by atoms with E-state index in [4.69, 9.17) is 5.73 Å². The van der Waals surface area contributed by atoms with E-state index in [1.807, 2.05) is 0 Å². The van der Waals surface area contributed by atoms with Gasteiger partial charge in [0.25, 0.3) is 0 Å². The van der Waals surface area contributed by atoms with Gasteiger partial charge in [0, 0.05) is 24.8 Å². The highest BCUT2D eigenvalue weighted by Gasteiger charge is 2.10. The first-order chi connectivity index (χ1) is 8.31. The van der Waals surface area contributed by atoms with Crippen LogP contribution in [0.1, 0.15) is 50.6 Å². The largest absolute Gasteiger partial charge is 0.372 e. The van der Waals surface area contributed by atoms with Crippen LogP contribution in [0.3, 0.4) is 0 Å². The summed E-state index contributed by atoms with van der Waals surface area (Å²) in [6, 6.07) is 9.03. The smallest absolute Gasteiger partial charge is 0.0366 e. The number of hydrogen-bond donors (Lipinski definition) is 1. The van der Waals surface area contributed by atoms with Crippen LogP contribution in [0, 0.1) is 0 Å². The van der Waals surface area contributed by atoms with Crippen molar-refractivity contribution in [1.82, 2.24) is 0 Å². The van der Waals surface area contributed by atoms with Crippen molar-refractivity contribution in [3.8, 4) is 0 Å². The van der Waals surface area contributed by atoms with Gasteiger partial charge in [-0.05, 0) is 37.0 Å². The third-order valence-electron chi connectivity index (χ3n) is 3.73. The SMILES string of the molecule is CC[C@@H](N)c1ccc(N2CCCCCC2)cc1. The fraction of sp³-hybridized carbons (Fsp3) is 0.600. The highest BCUT2D eigenvalue weighted by atomic mass is 15.1. The molecule has 0 bridgehead atoms. The van der Waals surface area contributed by atoms with E-state index in [9.17, 15) is 0 Å². The predicted octanol–water partition coefficient (Wildman–Crippen LogP) is 3.48. The summed E-state index contributed by atoms with van der Waals surface area (Å²) < 4.78 is 0. The van der Waals surface area contributed by atoms with Crippen molar-refractivity contribution in [2.75, 3.05) is 18.0 Å². The Hall–Kier alpha value is -1.02. The Balaban J connectivity index is 2.05. The van der Waals surface area contributed by atoms with Crippen molar-refractivity contribution in [2.24, 2.45) is 5.73 Å². The molecule has 0 unspecified atom stereocenters. The minimum atomic E-state index is 0.188. The number of hydrogen-bond acceptors (Lipinski definition) is 2. The second-order valence-electron chi connectivity index (χ2n) is 5.01. The Morgan fingerprint density at radius 2 is 1.65 bits per heavy atom. The molecule has 0 spiro atoms. The van der Waals surface area contributed by atoms with Crippen LogP contribution in [0.2, 0.25) is 0 Å². The van der Waals surface area contributed by atoms with E-state index in [-0.39, 0.29) is 6.04 Å². The normalized spacial score (nSPS) is 18.8. The maximum atomic E-state index is 6.03. The average molecular weight is 232 g/mol. The van der Waals surface area contributed by atoms with Gasteiger partial charge < -0.3 is 10.6 Å². The van der Waals surface area contributed by atoms with E-state index in [1.54, 1.807) is 0 Å². The molecule has 2 heteroatoms. The van der Waals surface area contributed by atoms with Gasteiger partial charge in [0.1, 0.15) is 0 Å². The first-order valence-corrected chi connectivity index (χ1v) is 6.91. The lowest BCUT2D eigenvalue weighted by Crippen LogP contribution is -2.23. The molecule has 1 aliphatic rings. The molecule has 1 heterocycles. The number of anilines is 1. The third kappa shape index (κ3) is 3.22. The lowest BCUT2D eigenvalue weighted by molar-refractivity contribution is 0.698. The van der Waals surface area contributed by atoms with E-state index in [0.717, 1.165) is 6.42 Å². The van der Waals surface area contributed by atoms with E-state index in [1.165, 1.54) is 50.0 Å². The van der Waals surface area contributed by atoms with E-state index >= 15 is 0 Å². The van der Waals surface area contributed by atoms with Crippen molar-refractivity contribution >= 4 is 5.69 Å². The molecule has 1 aromatic carbocycles. The van der Waals surface area contributed by atoms with Crippen LogP contribution in [0.5, 0.6) is 0 Å². The van der Waals surface area contributed by atoms with Crippen molar-refractivity contribution in [3.63, 3.8) is 0 Å². The molecule has 2 N–H and O–H groups in total. The van der Waals surface area contributed by atoms with E-state index in [2.05, 4.69) is 36.1 Å². The molecule has 17 heavy (non-hydrogen) atoms. The monoisotopic (exact) mass is 232 g/mol. The van der Waals surface area contributed by atoms with Crippen LogP contribution < -0.4 is 10.6 Å². The molecule has 94 valence electrons. The van der Waals surface area contributed by atoms with Crippen molar-refractivity contribution < 1.29 is 0 Å². The molecular formula is C15H24N2. The Kier molecular flexibility index (Phi) is 4.43. The predicted molar refractivity (Wildman–Crippen MR) is 74.3 cm³/mol. The quantitative estimate of drug-likeness (QED) is 0.864. The summed E-state index contributed by atoms with van der Waals surface area (Å²) in [6.45, 7) is 4.55. The molecule has 1 saturated heterocycles. The Labute approximate surface area is 105 Å². The van der Waals surface area contributed by atoms with Crippen molar-refractivity contribution in [2.45, 2.75) is 45.1 Å². The Bertz CT molecular complexity index is 323. The lowest BCUT2D eigenvalue weighted by atomic mass is 10.1. The standard InChI is InChI=1S/C15H24N2/c1-2-15(16)13-7-9-14(10-8-13)17-11-5-3-4-6-12-17/h7-10,15H,2-6,11-12,16H2,1H3/t15-/m1/s1. The minimum absolute atomic E-state index is 0.188. The third-order valence-corrected chi connectivity index (χ3v) is 3.73. The summed E-state index contributed by atoms with van der Waals surface area (Å²) in [5.41, 5.74) is 8.65. The Morgan fingerprint density at radius 3 is 2.18 bits per heavy atom. The molecule has 1 aromatic rings. The maximum absolute atomic E-state index is 6.03. The van der Waals surface area contributed by atoms with Crippen molar-refractivity contribution in [3.05, 3.63) is 29.8 Å². The maximum Gasteiger partial charge on any atom is 0.0366 e. The van der Waals surface area contributed by atoms with Crippen LogP contribution >= 0.6 is 0 Å². The second-order valence-corrected chi connectivity index (χ2v) is 5.01. The number of rotatable bonds is 3. The van der Waals surface area contributed by atoms with Crippen LogP contribution in [0.4, 0.5) is 5.69 Å². The molecule has 1 aliphatic heterocycles. The lowest BCUT2D eigenvalue weighted by Gasteiger charge is -2.23. The molecule has 1 atom stereocenters. The molecule has 1 fully saturated rings. The molecule has 2 nitrogen and oxygen atoms in total. The van der Waals surface area contributed by atoms with Crippen LogP contribution in [-0.2, 0) is 0 Å². The Morgan fingerprint density at radius 1 is 1.06 bits per heavy atom. The molecule has 0 saturated carbocycles. The van der Waals surface area contributed by atoms with Gasteiger partial charge in [-0.25, -0.2) is 0 Å². The molecule has 2 rings (SSSR count). The van der Waals surface area contributed by atoms with Crippen LogP contribution in [-0.4, -0.2) is 13.1 Å². The number of nitrogens with zero attached hydrogens (tertiary/aromatic N) is 1. The van der Waals surface area contributed by atoms with Crippen LogP contribution in [0.25, 0.3) is 0 Å². The average Bonchev–Trinajstić information content (AvgIpc) is 2.67. The number of nitrogens with two attached hydrogens (primary N) is 1. The summed E-state index contributed by atoms with van der Waals surface area (Å²) in [5, 5.41) is 0. The molecule has 0 radical (unpaired) electrons. The first kappa shape index (κ1) is 12.4. The fourth-order valence-corrected chi connectivity index (χ4v) is 2.50. The van der Waals surface area contributed by atoms with Gasteiger partial charge >= 0.3 is 0 Å². The van der Waals surface area contributed by atoms with Gasteiger partial charge in [0.05, 0.1) is 0 Å². The minimum Gasteiger partial charge on any atom is -0.372 e. The topological polar surface area (TPSA) is 29.3 Å². The number of benzene rings is 1. The van der Waals surface area contributed by atoms with Gasteiger partial charge in [-0.15, -0.1) is 0 Å². The highest BCUT2D eigenvalue weighted by Crippen LogP contribution is 2.22. The van der Waals surface area contributed by atoms with Gasteiger partial charge in [-0.2, -0.15) is 0 Å². The molecule has 0 aliphatic carbocycles. The van der Waals surface area contributed by atoms with Gasteiger partial charge in [0.2, 0.25) is 0 Å². The van der Waals surface area contributed by atoms with Crippen molar-refractivity contribution in [1.29, 1.82) is 0 Å². The summed E-state index contributed by atoms with van der Waals surface area (Å²) >= 11 is 0. The van der Waals surface area contributed by atoms with Gasteiger partial charge in [-0.1, -0.05) is 31.9 Å². The van der Waals surface area contributed by atoms with Gasteiger partial charge in [0.15, 0.2) is 0 Å². The van der Waals surface area contributed by atoms with E-state index in [0.29, 0.717) is 0 Å². The zero-order chi connectivity index (χ0) is 12.1. The van der Waals surface area contributed by atoms with Gasteiger partial charge in [-0.3, -0.25) is 0 Å². The summed E-state index contributed by atoms with van der Waals surface area (Å²) in [4.78, 5) is 2.51.